The van der Waals surface area contributed by atoms with E-state index in [2.05, 4.69) is 4.98 Å². The maximum absolute atomic E-state index is 13.5. The molecule has 1 aliphatic heterocycles. The lowest BCUT2D eigenvalue weighted by atomic mass is 9.73. The van der Waals surface area contributed by atoms with Gasteiger partial charge in [-0.05, 0) is 37.0 Å². The molecule has 1 aromatic carbocycles. The Morgan fingerprint density at radius 2 is 2.04 bits per heavy atom. The number of aliphatic hydroxyl groups excluding tert-OH is 1. The molecule has 0 unspecified atom stereocenters. The second kappa shape index (κ2) is 6.70. The van der Waals surface area contributed by atoms with Gasteiger partial charge in [0.2, 0.25) is 5.43 Å². The van der Waals surface area contributed by atoms with Crippen molar-refractivity contribution in [3.8, 4) is 0 Å². The van der Waals surface area contributed by atoms with Gasteiger partial charge in [0.1, 0.15) is 16.8 Å². The number of aromatic amines is 1. The van der Waals surface area contributed by atoms with E-state index in [1.54, 1.807) is 0 Å². The number of carboxylic acids is 1. The third-order valence-electron chi connectivity index (χ3n) is 5.92. The number of rotatable bonds is 4. The SMILES string of the molecule is O=C(c1c[nH]c2ccc(F)cc2c1=O)N1CC[C@@H](O)[C@](CC2CC2)(C(=O)O)C1. The Balaban J connectivity index is 1.68. The average Bonchev–Trinajstić information content (AvgIpc) is 3.47. The minimum atomic E-state index is -1.43. The van der Waals surface area contributed by atoms with Crippen LogP contribution in [0.4, 0.5) is 4.39 Å². The summed E-state index contributed by atoms with van der Waals surface area (Å²) >= 11 is 0. The monoisotopic (exact) mass is 388 g/mol. The standard InChI is InChI=1S/C20H21FN2O5/c21-12-3-4-15-13(7-12)17(25)14(9-22-15)18(26)23-6-5-16(24)20(10-23,19(27)28)8-11-1-2-11/h3-4,7,9,11,16,24H,1-2,5-6,8,10H2,(H,22,25)(H,27,28)/t16-,20-/m1/s1. The summed E-state index contributed by atoms with van der Waals surface area (Å²) in [6.07, 6.45) is 2.52. The second-order valence-corrected chi connectivity index (χ2v) is 7.86. The number of pyridine rings is 1. The zero-order valence-electron chi connectivity index (χ0n) is 15.2. The van der Waals surface area contributed by atoms with Gasteiger partial charge in [-0.25, -0.2) is 4.39 Å². The quantitative estimate of drug-likeness (QED) is 0.739. The van der Waals surface area contributed by atoms with Crippen molar-refractivity contribution in [1.82, 2.24) is 9.88 Å². The Morgan fingerprint density at radius 1 is 1.29 bits per heavy atom. The van der Waals surface area contributed by atoms with Crippen LogP contribution in [0.2, 0.25) is 0 Å². The van der Waals surface area contributed by atoms with E-state index >= 15 is 0 Å². The first-order chi connectivity index (χ1) is 13.3. The molecule has 4 rings (SSSR count). The highest BCUT2D eigenvalue weighted by atomic mass is 19.1. The van der Waals surface area contributed by atoms with E-state index in [1.165, 1.54) is 23.2 Å². The van der Waals surface area contributed by atoms with Crippen molar-refractivity contribution in [1.29, 1.82) is 0 Å². The second-order valence-electron chi connectivity index (χ2n) is 7.86. The van der Waals surface area contributed by atoms with Crippen LogP contribution in [-0.4, -0.2) is 51.2 Å². The fraction of sp³-hybridized carbons (Fsp3) is 0.450. The number of benzene rings is 1. The number of nitrogens with zero attached hydrogens (tertiary/aromatic N) is 1. The fourth-order valence-electron chi connectivity index (χ4n) is 4.11. The maximum Gasteiger partial charge on any atom is 0.314 e. The lowest BCUT2D eigenvalue weighted by molar-refractivity contribution is -0.163. The molecule has 1 saturated heterocycles. The van der Waals surface area contributed by atoms with Gasteiger partial charge in [0.25, 0.3) is 5.91 Å². The van der Waals surface area contributed by atoms with Gasteiger partial charge in [-0.15, -0.1) is 0 Å². The number of nitrogens with one attached hydrogen (secondary N) is 1. The van der Waals surface area contributed by atoms with E-state index < -0.39 is 34.6 Å². The van der Waals surface area contributed by atoms with Crippen molar-refractivity contribution in [2.75, 3.05) is 13.1 Å². The molecule has 1 amide bonds. The third-order valence-corrected chi connectivity index (χ3v) is 5.92. The van der Waals surface area contributed by atoms with Crippen molar-refractivity contribution in [3.63, 3.8) is 0 Å². The summed E-state index contributed by atoms with van der Waals surface area (Å²) in [5.41, 5.74) is -1.79. The molecule has 2 aromatic rings. The summed E-state index contributed by atoms with van der Waals surface area (Å²) in [5.74, 6) is -2.08. The van der Waals surface area contributed by atoms with Crippen molar-refractivity contribution in [3.05, 3.63) is 46.0 Å². The highest BCUT2D eigenvalue weighted by molar-refractivity contribution is 5.97. The van der Waals surface area contributed by atoms with Crippen molar-refractivity contribution in [2.24, 2.45) is 11.3 Å². The largest absolute Gasteiger partial charge is 0.481 e. The smallest absolute Gasteiger partial charge is 0.314 e. The van der Waals surface area contributed by atoms with Gasteiger partial charge >= 0.3 is 5.97 Å². The number of aromatic nitrogens is 1. The van der Waals surface area contributed by atoms with E-state index in [0.717, 1.165) is 18.9 Å². The van der Waals surface area contributed by atoms with E-state index in [1.807, 2.05) is 0 Å². The zero-order valence-corrected chi connectivity index (χ0v) is 15.2. The van der Waals surface area contributed by atoms with Gasteiger partial charge in [-0.2, -0.15) is 0 Å². The van der Waals surface area contributed by atoms with Crippen LogP contribution in [0.1, 0.15) is 36.0 Å². The molecule has 2 fully saturated rings. The number of carbonyl (C=O) groups is 2. The number of piperidine rings is 1. The van der Waals surface area contributed by atoms with Crippen molar-refractivity contribution >= 4 is 22.8 Å². The Hall–Kier alpha value is -2.74. The van der Waals surface area contributed by atoms with Gasteiger partial charge in [0.05, 0.1) is 6.10 Å². The number of fused-ring (bicyclic) bond motifs is 1. The van der Waals surface area contributed by atoms with Gasteiger partial charge in [0, 0.05) is 30.2 Å². The van der Waals surface area contributed by atoms with E-state index in [0.29, 0.717) is 11.9 Å². The van der Waals surface area contributed by atoms with Gasteiger partial charge < -0.3 is 20.1 Å². The van der Waals surface area contributed by atoms with E-state index in [4.69, 9.17) is 0 Å². The lowest BCUT2D eigenvalue weighted by Crippen LogP contribution is -2.57. The molecule has 28 heavy (non-hydrogen) atoms. The fourth-order valence-corrected chi connectivity index (χ4v) is 4.11. The molecule has 7 nitrogen and oxygen atoms in total. The number of carboxylic acid groups (broad SMARTS) is 1. The number of aliphatic hydroxyl groups is 1. The predicted octanol–water partition coefficient (Wildman–Crippen LogP) is 1.75. The lowest BCUT2D eigenvalue weighted by Gasteiger charge is -2.43. The number of aliphatic carboxylic acids is 1. The van der Waals surface area contributed by atoms with Crippen LogP contribution in [0.3, 0.4) is 0 Å². The Kier molecular flexibility index (Phi) is 4.45. The van der Waals surface area contributed by atoms with Crippen LogP contribution < -0.4 is 5.43 Å². The van der Waals surface area contributed by atoms with Crippen molar-refractivity contribution < 1.29 is 24.2 Å². The minimum Gasteiger partial charge on any atom is -0.481 e. The molecule has 0 radical (unpaired) electrons. The summed E-state index contributed by atoms with van der Waals surface area (Å²) in [6, 6.07) is 3.70. The van der Waals surface area contributed by atoms with Crippen LogP contribution >= 0.6 is 0 Å². The van der Waals surface area contributed by atoms with Crippen LogP contribution in [0, 0.1) is 17.2 Å². The van der Waals surface area contributed by atoms with Gasteiger partial charge in [-0.1, -0.05) is 12.8 Å². The van der Waals surface area contributed by atoms with E-state index in [-0.39, 0.29) is 36.4 Å². The first kappa shape index (κ1) is 18.6. The molecule has 2 heterocycles. The normalized spacial score (nSPS) is 25.1. The Labute approximate surface area is 159 Å². The average molecular weight is 388 g/mol. The summed E-state index contributed by atoms with van der Waals surface area (Å²) in [6.45, 7) is -0.000212. The number of carbonyl (C=O) groups excluding carboxylic acids is 1. The first-order valence-corrected chi connectivity index (χ1v) is 9.33. The molecular formula is C20H21FN2O5. The summed E-state index contributed by atoms with van der Waals surface area (Å²) in [4.78, 5) is 41.9. The number of likely N-dealkylation sites (tertiary alicyclic amines) is 1. The summed E-state index contributed by atoms with van der Waals surface area (Å²) in [5, 5.41) is 20.3. The van der Waals surface area contributed by atoms with Crippen molar-refractivity contribution in [2.45, 2.75) is 31.8 Å². The topological polar surface area (TPSA) is 111 Å². The Morgan fingerprint density at radius 3 is 2.71 bits per heavy atom. The maximum atomic E-state index is 13.5. The predicted molar refractivity (Wildman–Crippen MR) is 98.5 cm³/mol. The minimum absolute atomic E-state index is 0.0605. The first-order valence-electron chi connectivity index (χ1n) is 9.33. The number of halogens is 1. The number of hydrogen-bond acceptors (Lipinski definition) is 4. The molecule has 148 valence electrons. The van der Waals surface area contributed by atoms with Crippen LogP contribution in [-0.2, 0) is 4.79 Å². The molecule has 3 N–H and O–H groups in total. The zero-order chi connectivity index (χ0) is 20.1. The molecule has 0 spiro atoms. The number of hydrogen-bond donors (Lipinski definition) is 3. The third kappa shape index (κ3) is 3.07. The number of amides is 1. The molecule has 2 atom stereocenters. The molecule has 1 saturated carbocycles. The highest BCUT2D eigenvalue weighted by Gasteiger charge is 2.52. The van der Waals surface area contributed by atoms with Crippen LogP contribution in [0.25, 0.3) is 10.9 Å². The molecule has 1 aliphatic carbocycles. The van der Waals surface area contributed by atoms with Gasteiger partial charge in [-0.3, -0.25) is 14.4 Å². The molecular weight excluding hydrogens is 367 g/mol. The van der Waals surface area contributed by atoms with Crippen LogP contribution in [0.5, 0.6) is 0 Å². The highest BCUT2D eigenvalue weighted by Crippen LogP contribution is 2.45. The Bertz CT molecular complexity index is 1020. The molecule has 0 bridgehead atoms. The van der Waals surface area contributed by atoms with E-state index in [9.17, 15) is 29.0 Å². The number of H-pyrrole nitrogens is 1. The summed E-state index contributed by atoms with van der Waals surface area (Å²) in [7, 11) is 0. The van der Waals surface area contributed by atoms with Crippen LogP contribution in [0.15, 0.2) is 29.2 Å². The summed E-state index contributed by atoms with van der Waals surface area (Å²) < 4.78 is 13.5. The molecule has 1 aromatic heterocycles. The molecule has 8 heteroatoms. The molecule has 2 aliphatic rings. The van der Waals surface area contributed by atoms with Gasteiger partial charge in [0.15, 0.2) is 0 Å².